The van der Waals surface area contributed by atoms with Crippen LogP contribution in [-0.4, -0.2) is 11.3 Å². The summed E-state index contributed by atoms with van der Waals surface area (Å²) in [6.07, 6.45) is 0. The Morgan fingerprint density at radius 2 is 0.805 bits per heavy atom. The van der Waals surface area contributed by atoms with Gasteiger partial charge in [0.15, 0.2) is 0 Å². The Labute approximate surface area is 483 Å². The maximum atomic E-state index is 2.70. The van der Waals surface area contributed by atoms with Crippen molar-refractivity contribution in [3.63, 3.8) is 0 Å². The highest BCUT2D eigenvalue weighted by atomic mass is 32.2. The predicted molar refractivity (Wildman–Crippen MR) is 352 cm³/mol. The van der Waals surface area contributed by atoms with E-state index in [9.17, 15) is 0 Å². The first-order valence-electron chi connectivity index (χ1n) is 28.6. The number of benzene rings is 13. The average Bonchev–Trinajstić information content (AvgIpc) is 1.92. The van der Waals surface area contributed by atoms with E-state index in [-0.39, 0.29) is 12.1 Å². The molecule has 0 amide bonds. The predicted octanol–water partition coefficient (Wildman–Crippen LogP) is 19.5. The third-order valence-electron chi connectivity index (χ3n) is 17.4. The molecule has 0 saturated heterocycles. The molecule has 0 radical (unpaired) electrons. The first-order chi connectivity index (χ1) is 40.3. The van der Waals surface area contributed by atoms with Gasteiger partial charge in [-0.05, 0) is 143 Å². The highest BCUT2D eigenvalue weighted by molar-refractivity contribution is 8.00. The van der Waals surface area contributed by atoms with E-state index >= 15 is 0 Å². The number of hydrogen-bond donors (Lipinski definition) is 0. The molecule has 0 bridgehead atoms. The van der Waals surface area contributed by atoms with Gasteiger partial charge in [-0.25, -0.2) is 0 Å². The summed E-state index contributed by atoms with van der Waals surface area (Å²) in [6, 6.07) is 105. The van der Waals surface area contributed by atoms with Crippen molar-refractivity contribution in [1.82, 2.24) is 4.57 Å². The summed E-state index contributed by atoms with van der Waals surface area (Å²) >= 11 is 1.94. The van der Waals surface area contributed by atoms with Crippen LogP contribution >= 0.6 is 11.8 Å². The van der Waals surface area contributed by atoms with Crippen molar-refractivity contribution in [3.05, 3.63) is 285 Å². The molecule has 386 valence electrons. The SMILES string of the molecule is CC(C)(C)c1cc2c3c(c1)N(c1c(-c4ccccc4)cc(-c4ccccc4)cc1-c1ccccc1)c1cc(-c4c5ccccc5c(-c5ccccc5)c5ccccc45)ccc1B3c1ccc(-n3c4ccccc4c4ccccc43)cc1S2. The van der Waals surface area contributed by atoms with Gasteiger partial charge in [0, 0.05) is 48.8 Å². The van der Waals surface area contributed by atoms with Crippen LogP contribution in [0.1, 0.15) is 26.3 Å². The molecule has 2 aliphatic heterocycles. The van der Waals surface area contributed by atoms with E-state index in [1.807, 2.05) is 11.8 Å². The highest BCUT2D eigenvalue weighted by Crippen LogP contribution is 2.53. The Kier molecular flexibility index (Phi) is 11.2. The third-order valence-corrected chi connectivity index (χ3v) is 18.5. The van der Waals surface area contributed by atoms with Gasteiger partial charge < -0.3 is 9.47 Å². The van der Waals surface area contributed by atoms with Crippen molar-refractivity contribution >= 4 is 95.3 Å². The van der Waals surface area contributed by atoms with Crippen LogP contribution in [0.25, 0.3) is 105 Å². The quantitative estimate of drug-likeness (QED) is 0.116. The molecule has 0 aliphatic carbocycles. The Morgan fingerprint density at radius 1 is 0.341 bits per heavy atom. The number of anilines is 3. The monoisotopic (exact) mass is 1060 g/mol. The van der Waals surface area contributed by atoms with Gasteiger partial charge in [0.25, 0.3) is 0 Å². The van der Waals surface area contributed by atoms with Gasteiger partial charge in [-0.2, -0.15) is 0 Å². The molecule has 14 aromatic rings. The first kappa shape index (κ1) is 48.3. The molecule has 2 nitrogen and oxygen atoms in total. The summed E-state index contributed by atoms with van der Waals surface area (Å²) in [5.74, 6) is 0. The Bertz CT molecular complexity index is 4700. The standard InChI is InChI=1S/C78H55BN2S/c1-78(2,3)56-47-71-76-73(48-56)82-72-49-57(80-68-38-22-20-32-58(68)59-33-21-23-39-69(59)80)41-43-67(72)79(76)66-42-40-54(75-62-36-18-16-34-60(62)74(53-30-14-7-15-31-53)61-35-17-19-37-63(61)75)46-70(66)81(71)77-64(51-26-10-5-11-27-51)44-55(50-24-8-4-9-25-50)45-65(77)52-28-12-6-13-29-52/h4-49H,1-3H3. The molecule has 1 aromatic heterocycles. The second-order valence-electron chi connectivity index (χ2n) is 23.1. The van der Waals surface area contributed by atoms with Gasteiger partial charge in [-0.15, -0.1) is 0 Å². The second kappa shape index (κ2) is 19.0. The zero-order valence-corrected chi connectivity index (χ0v) is 46.8. The van der Waals surface area contributed by atoms with Crippen molar-refractivity contribution in [2.75, 3.05) is 4.90 Å². The van der Waals surface area contributed by atoms with Crippen molar-refractivity contribution in [3.8, 4) is 61.3 Å². The zero-order chi connectivity index (χ0) is 54.6. The molecule has 0 fully saturated rings. The van der Waals surface area contributed by atoms with Crippen molar-refractivity contribution in [1.29, 1.82) is 0 Å². The average molecular weight is 1060 g/mol. The van der Waals surface area contributed by atoms with Crippen LogP contribution in [0.15, 0.2) is 289 Å². The Balaban J connectivity index is 1.03. The molecule has 16 rings (SSSR count). The lowest BCUT2D eigenvalue weighted by Gasteiger charge is -2.43. The maximum Gasteiger partial charge on any atom is 0.249 e. The second-order valence-corrected chi connectivity index (χ2v) is 24.2. The smallest absolute Gasteiger partial charge is 0.249 e. The summed E-state index contributed by atoms with van der Waals surface area (Å²) < 4.78 is 2.47. The minimum absolute atomic E-state index is 0.0549. The lowest BCUT2D eigenvalue weighted by molar-refractivity contribution is 0.589. The van der Waals surface area contributed by atoms with Crippen LogP contribution in [0.5, 0.6) is 0 Å². The van der Waals surface area contributed by atoms with E-state index in [2.05, 4.69) is 309 Å². The number of aromatic nitrogens is 1. The minimum atomic E-state index is -0.166. The van der Waals surface area contributed by atoms with Crippen LogP contribution < -0.4 is 21.3 Å². The molecule has 0 saturated carbocycles. The normalized spacial score (nSPS) is 12.7. The lowest BCUT2D eigenvalue weighted by Crippen LogP contribution is -2.60. The van der Waals surface area contributed by atoms with E-state index in [4.69, 9.17) is 0 Å². The lowest BCUT2D eigenvalue weighted by atomic mass is 9.34. The zero-order valence-electron chi connectivity index (χ0n) is 45.9. The molecule has 82 heavy (non-hydrogen) atoms. The van der Waals surface area contributed by atoms with E-state index in [0.717, 1.165) is 5.69 Å². The van der Waals surface area contributed by atoms with Gasteiger partial charge >= 0.3 is 0 Å². The van der Waals surface area contributed by atoms with Gasteiger partial charge in [-0.3, -0.25) is 0 Å². The van der Waals surface area contributed by atoms with Crippen molar-refractivity contribution in [2.24, 2.45) is 0 Å². The fourth-order valence-corrected chi connectivity index (χ4v) is 14.8. The van der Waals surface area contributed by atoms with Gasteiger partial charge in [0.1, 0.15) is 0 Å². The fourth-order valence-electron chi connectivity index (χ4n) is 13.6. The van der Waals surface area contributed by atoms with Gasteiger partial charge in [-0.1, -0.05) is 262 Å². The van der Waals surface area contributed by atoms with Crippen LogP contribution in [-0.2, 0) is 5.41 Å². The fraction of sp³-hybridized carbons (Fsp3) is 0.0513. The Morgan fingerprint density at radius 3 is 1.34 bits per heavy atom. The van der Waals surface area contributed by atoms with Crippen LogP contribution in [0.4, 0.5) is 17.1 Å². The Hall–Kier alpha value is -9.61. The maximum absolute atomic E-state index is 2.70. The molecule has 13 aromatic carbocycles. The molecular formula is C78H55BN2S. The molecule has 0 atom stereocenters. The molecule has 0 N–H and O–H groups in total. The van der Waals surface area contributed by atoms with Crippen molar-refractivity contribution in [2.45, 2.75) is 36.0 Å². The summed E-state index contributed by atoms with van der Waals surface area (Å²) in [7, 11) is 0. The van der Waals surface area contributed by atoms with Crippen LogP contribution in [0, 0.1) is 0 Å². The largest absolute Gasteiger partial charge is 0.310 e. The van der Waals surface area contributed by atoms with E-state index < -0.39 is 0 Å². The van der Waals surface area contributed by atoms with Gasteiger partial charge in [0.05, 0.1) is 16.7 Å². The number of para-hydroxylation sites is 2. The number of fused-ring (bicyclic) bond motifs is 9. The summed E-state index contributed by atoms with van der Waals surface area (Å²) in [4.78, 5) is 5.28. The molecule has 0 spiro atoms. The van der Waals surface area contributed by atoms with Crippen LogP contribution in [0.2, 0.25) is 0 Å². The molecular weight excluding hydrogens is 1010 g/mol. The molecule has 0 unspecified atom stereocenters. The van der Waals surface area contributed by atoms with Crippen molar-refractivity contribution < 1.29 is 0 Å². The minimum Gasteiger partial charge on any atom is -0.310 e. The summed E-state index contributed by atoms with van der Waals surface area (Å²) in [5.41, 5.74) is 24.2. The number of nitrogens with zero attached hydrogens (tertiary/aromatic N) is 2. The molecule has 3 heterocycles. The van der Waals surface area contributed by atoms with E-state index in [1.165, 1.54) is 148 Å². The van der Waals surface area contributed by atoms with E-state index in [0.29, 0.717) is 0 Å². The van der Waals surface area contributed by atoms with Crippen LogP contribution in [0.3, 0.4) is 0 Å². The molecule has 4 heteroatoms. The van der Waals surface area contributed by atoms with Gasteiger partial charge in [0.2, 0.25) is 6.71 Å². The highest BCUT2D eigenvalue weighted by Gasteiger charge is 2.43. The first-order valence-corrected chi connectivity index (χ1v) is 29.4. The molecule has 2 aliphatic rings. The third kappa shape index (κ3) is 7.66. The van der Waals surface area contributed by atoms with E-state index in [1.54, 1.807) is 0 Å². The topological polar surface area (TPSA) is 8.17 Å². The number of hydrogen-bond acceptors (Lipinski definition) is 2. The summed E-state index contributed by atoms with van der Waals surface area (Å²) in [6.45, 7) is 7.05. The summed E-state index contributed by atoms with van der Waals surface area (Å²) in [5, 5.41) is 7.49. The number of rotatable bonds is 7.